The number of fused-ring (bicyclic) bond motifs is 1. The van der Waals surface area contributed by atoms with E-state index >= 15 is 0 Å². The number of carbonyl (C=O) groups is 1. The van der Waals surface area contributed by atoms with E-state index in [0.717, 1.165) is 32.3 Å². The van der Waals surface area contributed by atoms with Gasteiger partial charge in [0, 0.05) is 54.3 Å². The number of halogens is 1. The highest BCUT2D eigenvalue weighted by Gasteiger charge is 2.29. The fourth-order valence-electron chi connectivity index (χ4n) is 4.12. The van der Waals surface area contributed by atoms with Gasteiger partial charge < -0.3 is 14.4 Å². The van der Waals surface area contributed by atoms with Crippen molar-refractivity contribution in [2.24, 2.45) is 0 Å². The number of carbonyl (C=O) groups excluding carboxylic acids is 1. The fraction of sp³-hybridized carbons (Fsp3) is 0.304. The Labute approximate surface area is 195 Å². The number of nitrogens with zero attached hydrogens (tertiary/aromatic N) is 6. The number of amides is 1. The van der Waals surface area contributed by atoms with E-state index in [9.17, 15) is 9.90 Å². The lowest BCUT2D eigenvalue weighted by Gasteiger charge is -2.25. The quantitative estimate of drug-likeness (QED) is 0.446. The molecule has 1 aliphatic rings. The van der Waals surface area contributed by atoms with Crippen LogP contribution in [0.4, 0.5) is 11.4 Å². The van der Waals surface area contributed by atoms with Gasteiger partial charge in [-0.05, 0) is 44.5 Å². The molecule has 1 aromatic carbocycles. The topological polar surface area (TPSA) is 101 Å². The van der Waals surface area contributed by atoms with Gasteiger partial charge >= 0.3 is 0 Å². The minimum Gasteiger partial charge on any atom is -0.444 e. The Hall–Kier alpha value is -3.43. The second-order valence-corrected chi connectivity index (χ2v) is 8.40. The van der Waals surface area contributed by atoms with E-state index in [1.807, 2.05) is 41.6 Å². The lowest BCUT2D eigenvalue weighted by Crippen LogP contribution is -2.27. The summed E-state index contributed by atoms with van der Waals surface area (Å²) >= 11 is 6.63. The maximum absolute atomic E-state index is 13.3. The molecule has 1 aliphatic heterocycles. The lowest BCUT2D eigenvalue weighted by molar-refractivity contribution is 0.100. The Bertz CT molecular complexity index is 1330. The molecule has 4 heterocycles. The van der Waals surface area contributed by atoms with Crippen molar-refractivity contribution in [3.8, 4) is 11.5 Å². The molecule has 0 saturated carbocycles. The molecule has 1 fully saturated rings. The molecule has 0 spiro atoms. The number of rotatable bonds is 5. The van der Waals surface area contributed by atoms with E-state index in [1.54, 1.807) is 18.5 Å². The molecule has 1 saturated heterocycles. The van der Waals surface area contributed by atoms with Crippen LogP contribution in [0.5, 0.6) is 0 Å². The normalized spacial score (nSPS) is 16.0. The molecule has 0 bridgehead atoms. The van der Waals surface area contributed by atoms with Crippen molar-refractivity contribution in [2.45, 2.75) is 32.9 Å². The van der Waals surface area contributed by atoms with E-state index in [2.05, 4.69) is 15.1 Å². The number of β-amino-alcohol motifs (C(OH)–C–C–N with tert-alkyl or cyclic N) is 1. The SMILES string of the molecule is CCn1ncc2cc(N3CC[C@H](O)C3)c(N(Cl)C(=O)c3coc(-c4ccnc(C)c4)n3)cc21. The maximum atomic E-state index is 13.3. The van der Waals surface area contributed by atoms with Crippen LogP contribution in [-0.4, -0.2) is 50.0 Å². The van der Waals surface area contributed by atoms with E-state index in [1.165, 1.54) is 6.26 Å². The van der Waals surface area contributed by atoms with E-state index < -0.39 is 12.0 Å². The number of aryl methyl sites for hydroxylation is 2. The number of anilines is 2. The van der Waals surface area contributed by atoms with Crippen LogP contribution in [0, 0.1) is 6.92 Å². The third-order valence-corrected chi connectivity index (χ3v) is 6.13. The third kappa shape index (κ3) is 3.94. The first-order valence-electron chi connectivity index (χ1n) is 10.8. The van der Waals surface area contributed by atoms with Crippen molar-refractivity contribution in [3.05, 3.63) is 54.3 Å². The molecule has 0 aliphatic carbocycles. The summed E-state index contributed by atoms with van der Waals surface area (Å²) < 4.78 is 8.45. The number of pyridine rings is 1. The Kier molecular flexibility index (Phi) is 5.51. The summed E-state index contributed by atoms with van der Waals surface area (Å²) in [6.07, 6.45) is 4.98. The number of hydrogen-bond acceptors (Lipinski definition) is 7. The molecule has 0 radical (unpaired) electrons. The minimum atomic E-state index is -0.514. The van der Waals surface area contributed by atoms with Gasteiger partial charge in [-0.3, -0.25) is 14.5 Å². The summed E-state index contributed by atoms with van der Waals surface area (Å²) in [6.45, 7) is 5.68. The molecule has 10 heteroatoms. The summed E-state index contributed by atoms with van der Waals surface area (Å²) in [6, 6.07) is 7.40. The van der Waals surface area contributed by atoms with Gasteiger partial charge in [-0.15, -0.1) is 0 Å². The molecule has 33 heavy (non-hydrogen) atoms. The van der Waals surface area contributed by atoms with Crippen molar-refractivity contribution < 1.29 is 14.3 Å². The molecule has 1 atom stereocenters. The van der Waals surface area contributed by atoms with Gasteiger partial charge in [-0.25, -0.2) is 9.40 Å². The zero-order chi connectivity index (χ0) is 23.1. The molecule has 4 aromatic rings. The Balaban J connectivity index is 1.53. The molecule has 1 N–H and O–H groups in total. The third-order valence-electron chi connectivity index (χ3n) is 5.80. The predicted octanol–water partition coefficient (Wildman–Crippen LogP) is 3.79. The first kappa shape index (κ1) is 21.4. The number of benzene rings is 1. The second kappa shape index (κ2) is 8.49. The van der Waals surface area contributed by atoms with Crippen molar-refractivity contribution in [1.29, 1.82) is 0 Å². The average Bonchev–Trinajstić information content (AvgIpc) is 3.56. The van der Waals surface area contributed by atoms with Gasteiger partial charge in [0.15, 0.2) is 5.69 Å². The Morgan fingerprint density at radius 2 is 2.21 bits per heavy atom. The molecule has 170 valence electrons. The van der Waals surface area contributed by atoms with Crippen molar-refractivity contribution in [3.63, 3.8) is 0 Å². The van der Waals surface area contributed by atoms with Gasteiger partial charge in [0.1, 0.15) is 6.26 Å². The van der Waals surface area contributed by atoms with Crippen LogP contribution in [-0.2, 0) is 6.54 Å². The van der Waals surface area contributed by atoms with Crippen molar-refractivity contribution in [1.82, 2.24) is 19.7 Å². The molecular formula is C23H23ClN6O3. The van der Waals surface area contributed by atoms with Gasteiger partial charge in [0.05, 0.1) is 29.2 Å². The van der Waals surface area contributed by atoms with Crippen LogP contribution in [0.15, 0.2) is 47.3 Å². The van der Waals surface area contributed by atoms with E-state index in [0.29, 0.717) is 37.6 Å². The van der Waals surface area contributed by atoms with Gasteiger partial charge in [0.25, 0.3) is 5.91 Å². The summed E-state index contributed by atoms with van der Waals surface area (Å²) in [4.78, 5) is 23.8. The number of oxazole rings is 1. The smallest absolute Gasteiger partial charge is 0.294 e. The summed E-state index contributed by atoms with van der Waals surface area (Å²) in [5.74, 6) is -0.198. The fourth-order valence-corrected chi connectivity index (χ4v) is 4.34. The second-order valence-electron chi connectivity index (χ2n) is 8.06. The molecule has 9 nitrogen and oxygen atoms in total. The number of hydrogen-bond donors (Lipinski definition) is 1. The standard InChI is InChI=1S/C23H23ClN6O3/c1-3-29-19-10-21(20(9-16(19)11-26-29)28-7-5-17(31)12-28)30(24)23(32)18-13-33-22(27-18)15-4-6-25-14(2)8-15/h4,6,8-11,13,17,31H,3,5,7,12H2,1-2H3/t17-/m0/s1. The molecule has 3 aromatic heterocycles. The Morgan fingerprint density at radius 1 is 1.36 bits per heavy atom. The summed E-state index contributed by atoms with van der Waals surface area (Å²) in [7, 11) is 0. The zero-order valence-corrected chi connectivity index (χ0v) is 19.0. The van der Waals surface area contributed by atoms with Crippen molar-refractivity contribution in [2.75, 3.05) is 22.4 Å². The highest BCUT2D eigenvalue weighted by Crippen LogP contribution is 2.37. The predicted molar refractivity (Wildman–Crippen MR) is 125 cm³/mol. The maximum Gasteiger partial charge on any atom is 0.294 e. The summed E-state index contributed by atoms with van der Waals surface area (Å²) in [5, 5.41) is 15.4. The van der Waals surface area contributed by atoms with Crippen LogP contribution >= 0.6 is 11.8 Å². The number of aliphatic hydroxyl groups is 1. The average molecular weight is 467 g/mol. The van der Waals surface area contributed by atoms with Crippen LogP contribution in [0.3, 0.4) is 0 Å². The van der Waals surface area contributed by atoms with Gasteiger partial charge in [-0.1, -0.05) is 0 Å². The molecule has 5 rings (SSSR count). The molecule has 0 unspecified atom stereocenters. The number of aliphatic hydroxyl groups excluding tert-OH is 1. The van der Waals surface area contributed by atoms with Crippen molar-refractivity contribution >= 4 is 40.0 Å². The molecule has 1 amide bonds. The van der Waals surface area contributed by atoms with Crippen LogP contribution in [0.1, 0.15) is 29.5 Å². The van der Waals surface area contributed by atoms with Crippen LogP contribution in [0.2, 0.25) is 0 Å². The first-order chi connectivity index (χ1) is 15.9. The first-order valence-corrected chi connectivity index (χ1v) is 11.1. The van der Waals surface area contributed by atoms with E-state index in [-0.39, 0.29) is 5.69 Å². The van der Waals surface area contributed by atoms with Crippen LogP contribution < -0.4 is 9.32 Å². The Morgan fingerprint density at radius 3 is 2.94 bits per heavy atom. The highest BCUT2D eigenvalue weighted by molar-refractivity contribution is 6.40. The number of aromatic nitrogens is 4. The monoisotopic (exact) mass is 466 g/mol. The lowest BCUT2D eigenvalue weighted by atomic mass is 10.1. The van der Waals surface area contributed by atoms with Gasteiger partial charge in [-0.2, -0.15) is 5.10 Å². The van der Waals surface area contributed by atoms with Gasteiger partial charge in [0.2, 0.25) is 5.89 Å². The minimum absolute atomic E-state index is 0.0889. The zero-order valence-electron chi connectivity index (χ0n) is 18.3. The van der Waals surface area contributed by atoms with Crippen LogP contribution in [0.25, 0.3) is 22.4 Å². The highest BCUT2D eigenvalue weighted by atomic mass is 35.5. The molecular weight excluding hydrogens is 444 g/mol. The summed E-state index contributed by atoms with van der Waals surface area (Å²) in [5.41, 5.74) is 3.75. The van der Waals surface area contributed by atoms with E-state index in [4.69, 9.17) is 16.2 Å². The largest absolute Gasteiger partial charge is 0.444 e.